The van der Waals surface area contributed by atoms with Gasteiger partial charge in [-0.1, -0.05) is 25.5 Å². The normalized spacial score (nSPS) is 16.8. The largest absolute Gasteiger partial charge is 0.493 e. The lowest BCUT2D eigenvalue weighted by atomic mass is 10.1. The summed E-state index contributed by atoms with van der Waals surface area (Å²) >= 11 is 0. The van der Waals surface area contributed by atoms with Crippen molar-refractivity contribution in [3.63, 3.8) is 0 Å². The number of nitrogens with two attached hydrogens (primary N) is 2. The maximum Gasteiger partial charge on any atom is 0.328 e. The Hall–Kier alpha value is -1.79. The van der Waals surface area contributed by atoms with Crippen molar-refractivity contribution in [1.82, 2.24) is 9.91 Å². The Bertz CT molecular complexity index is 503. The third kappa shape index (κ3) is 6.08. The number of carbonyl (C=O) groups excluding carboxylic acids is 1. The molecule has 1 unspecified atom stereocenters. The zero-order valence-corrected chi connectivity index (χ0v) is 13.9. The Morgan fingerprint density at radius 3 is 2.78 bits per heavy atom. The number of carbonyl (C=O) groups is 1. The zero-order valence-electron chi connectivity index (χ0n) is 13.9. The first kappa shape index (κ1) is 17.6. The topological polar surface area (TPSA) is 84.8 Å². The number of urea groups is 1. The highest BCUT2D eigenvalue weighted by atomic mass is 16.5. The summed E-state index contributed by atoms with van der Waals surface area (Å²) in [5.41, 5.74) is 6.39. The van der Waals surface area contributed by atoms with Gasteiger partial charge in [0.15, 0.2) is 0 Å². The molecule has 4 N–H and O–H groups in total. The Labute approximate surface area is 138 Å². The van der Waals surface area contributed by atoms with E-state index >= 15 is 0 Å². The molecule has 1 aromatic carbocycles. The fourth-order valence-electron chi connectivity index (χ4n) is 2.83. The van der Waals surface area contributed by atoms with E-state index in [9.17, 15) is 4.79 Å². The number of hydrogen-bond acceptors (Lipinski definition) is 4. The predicted octanol–water partition coefficient (Wildman–Crippen LogP) is 1.94. The molecule has 6 nitrogen and oxygen atoms in total. The molecule has 23 heavy (non-hydrogen) atoms. The van der Waals surface area contributed by atoms with E-state index in [0.29, 0.717) is 13.2 Å². The molecule has 0 radical (unpaired) electrons. The molecular formula is C17H28N4O2. The van der Waals surface area contributed by atoms with Crippen LogP contribution in [0.25, 0.3) is 0 Å². The van der Waals surface area contributed by atoms with E-state index in [1.165, 1.54) is 37.9 Å². The van der Waals surface area contributed by atoms with E-state index < -0.39 is 6.03 Å². The van der Waals surface area contributed by atoms with Crippen molar-refractivity contribution < 1.29 is 9.53 Å². The summed E-state index contributed by atoms with van der Waals surface area (Å²) < 4.78 is 5.83. The van der Waals surface area contributed by atoms with Gasteiger partial charge in [-0.05, 0) is 43.6 Å². The van der Waals surface area contributed by atoms with E-state index in [-0.39, 0.29) is 5.92 Å². The molecule has 0 aliphatic carbocycles. The Morgan fingerprint density at radius 2 is 2.09 bits per heavy atom. The number of hydrogen-bond donors (Lipinski definition) is 2. The first-order valence-electron chi connectivity index (χ1n) is 8.30. The van der Waals surface area contributed by atoms with Crippen LogP contribution in [0.5, 0.6) is 5.75 Å². The number of rotatable bonds is 7. The first-order valence-corrected chi connectivity index (χ1v) is 8.30. The summed E-state index contributed by atoms with van der Waals surface area (Å²) in [4.78, 5) is 13.4. The predicted molar refractivity (Wildman–Crippen MR) is 90.7 cm³/mol. The summed E-state index contributed by atoms with van der Waals surface area (Å²) in [6, 6.07) is 7.59. The Morgan fingerprint density at radius 1 is 1.35 bits per heavy atom. The molecule has 1 aliphatic rings. The lowest BCUT2D eigenvalue weighted by Crippen LogP contribution is -2.44. The lowest BCUT2D eigenvalue weighted by molar-refractivity contribution is 0.181. The molecule has 0 saturated carbocycles. The van der Waals surface area contributed by atoms with Crippen molar-refractivity contribution in [2.24, 2.45) is 17.5 Å². The van der Waals surface area contributed by atoms with Gasteiger partial charge in [-0.25, -0.2) is 10.6 Å². The van der Waals surface area contributed by atoms with Crippen molar-refractivity contribution in [2.75, 3.05) is 26.2 Å². The smallest absolute Gasteiger partial charge is 0.328 e. The highest BCUT2D eigenvalue weighted by Gasteiger charge is 2.12. The zero-order chi connectivity index (χ0) is 16.7. The van der Waals surface area contributed by atoms with Crippen LogP contribution in [0.4, 0.5) is 4.79 Å². The number of ether oxygens (including phenoxy) is 1. The molecule has 1 atom stereocenters. The summed E-state index contributed by atoms with van der Waals surface area (Å²) in [5.74, 6) is 6.48. The third-order valence-corrected chi connectivity index (χ3v) is 4.08. The lowest BCUT2D eigenvalue weighted by Gasteiger charge is -2.26. The molecule has 128 valence electrons. The highest BCUT2D eigenvalue weighted by Crippen LogP contribution is 2.18. The number of benzene rings is 1. The summed E-state index contributed by atoms with van der Waals surface area (Å²) in [5, 5.41) is 1.01. The molecule has 2 rings (SSSR count). The van der Waals surface area contributed by atoms with Crippen LogP contribution >= 0.6 is 0 Å². The fraction of sp³-hybridized carbons (Fsp3) is 0.588. The van der Waals surface area contributed by atoms with Gasteiger partial charge in [-0.2, -0.15) is 0 Å². The van der Waals surface area contributed by atoms with Gasteiger partial charge in [-0.3, -0.25) is 9.91 Å². The van der Waals surface area contributed by atoms with Crippen molar-refractivity contribution >= 4 is 6.03 Å². The summed E-state index contributed by atoms with van der Waals surface area (Å²) in [7, 11) is 0. The molecule has 6 heteroatoms. The Balaban J connectivity index is 1.81. The van der Waals surface area contributed by atoms with Gasteiger partial charge in [-0.15, -0.1) is 0 Å². The molecule has 1 fully saturated rings. The Kier molecular flexibility index (Phi) is 6.67. The maximum absolute atomic E-state index is 10.9. The molecule has 0 aromatic heterocycles. The quantitative estimate of drug-likeness (QED) is 0.457. The van der Waals surface area contributed by atoms with Crippen molar-refractivity contribution in [1.29, 1.82) is 0 Å². The average Bonchev–Trinajstić information content (AvgIpc) is 2.54. The second-order valence-corrected chi connectivity index (χ2v) is 6.39. The number of piperidine rings is 1. The molecule has 1 aliphatic heterocycles. The average molecular weight is 320 g/mol. The van der Waals surface area contributed by atoms with Crippen LogP contribution in [0.1, 0.15) is 31.7 Å². The second-order valence-electron chi connectivity index (χ2n) is 6.39. The van der Waals surface area contributed by atoms with E-state index in [2.05, 4.69) is 17.0 Å². The van der Waals surface area contributed by atoms with E-state index in [1.54, 1.807) is 0 Å². The van der Waals surface area contributed by atoms with Gasteiger partial charge in [0.2, 0.25) is 0 Å². The van der Waals surface area contributed by atoms with Crippen LogP contribution in [0.15, 0.2) is 24.3 Å². The van der Waals surface area contributed by atoms with Crippen LogP contribution in [0.3, 0.4) is 0 Å². The monoisotopic (exact) mass is 320 g/mol. The number of primary amides is 1. The molecule has 2 amide bonds. The van der Waals surface area contributed by atoms with Gasteiger partial charge in [0.05, 0.1) is 6.61 Å². The minimum absolute atomic E-state index is 0.109. The first-order chi connectivity index (χ1) is 11.0. The van der Waals surface area contributed by atoms with E-state index in [0.717, 1.165) is 17.3 Å². The number of hydrazine groups is 1. The third-order valence-electron chi connectivity index (χ3n) is 4.08. The molecule has 1 saturated heterocycles. The summed E-state index contributed by atoms with van der Waals surface area (Å²) in [6.45, 7) is 6.19. The van der Waals surface area contributed by atoms with Gasteiger partial charge in [0.1, 0.15) is 5.75 Å². The summed E-state index contributed by atoms with van der Waals surface area (Å²) in [6.07, 6.45) is 3.94. The molecular weight excluding hydrogens is 292 g/mol. The SMILES string of the molecule is CC(COc1cccc(CN2CCCCC2)c1)CN(N)C(N)=O. The highest BCUT2D eigenvalue weighted by molar-refractivity contribution is 5.71. The molecule has 1 heterocycles. The van der Waals surface area contributed by atoms with E-state index in [1.807, 2.05) is 19.1 Å². The van der Waals surface area contributed by atoms with Crippen LogP contribution < -0.4 is 16.3 Å². The van der Waals surface area contributed by atoms with Gasteiger partial charge >= 0.3 is 6.03 Å². The van der Waals surface area contributed by atoms with Crippen LogP contribution in [-0.4, -0.2) is 42.2 Å². The maximum atomic E-state index is 10.9. The molecule has 0 spiro atoms. The molecule has 0 bridgehead atoms. The van der Waals surface area contributed by atoms with Gasteiger partial charge < -0.3 is 10.5 Å². The standard InChI is InChI=1S/C17H28N4O2/c1-14(11-21(19)17(18)22)13-23-16-7-5-6-15(10-16)12-20-8-3-2-4-9-20/h5-7,10,14H,2-4,8-9,11-13,19H2,1H3,(H2,18,22). The van der Waals surface area contributed by atoms with Crippen molar-refractivity contribution in [3.05, 3.63) is 29.8 Å². The van der Waals surface area contributed by atoms with Gasteiger partial charge in [0.25, 0.3) is 0 Å². The van der Waals surface area contributed by atoms with Crippen LogP contribution in [0.2, 0.25) is 0 Å². The number of nitrogens with zero attached hydrogens (tertiary/aromatic N) is 2. The minimum Gasteiger partial charge on any atom is -0.493 e. The fourth-order valence-corrected chi connectivity index (χ4v) is 2.83. The van der Waals surface area contributed by atoms with Crippen molar-refractivity contribution in [2.45, 2.75) is 32.7 Å². The minimum atomic E-state index is -0.625. The number of amides is 2. The second kappa shape index (κ2) is 8.74. The van der Waals surface area contributed by atoms with Crippen molar-refractivity contribution in [3.8, 4) is 5.75 Å². The molecule has 1 aromatic rings. The van der Waals surface area contributed by atoms with Crippen LogP contribution in [-0.2, 0) is 6.54 Å². The van der Waals surface area contributed by atoms with Gasteiger partial charge in [0, 0.05) is 19.0 Å². The van der Waals surface area contributed by atoms with E-state index in [4.69, 9.17) is 16.3 Å². The van der Waals surface area contributed by atoms with Crippen LogP contribution in [0, 0.1) is 5.92 Å². The number of likely N-dealkylation sites (tertiary alicyclic amines) is 1.